The van der Waals surface area contributed by atoms with Gasteiger partial charge in [-0.25, -0.2) is 4.39 Å². The van der Waals surface area contributed by atoms with Crippen LogP contribution in [0.1, 0.15) is 18.0 Å². The molecule has 1 rings (SSSR count). The summed E-state index contributed by atoms with van der Waals surface area (Å²) < 4.78 is 17.8. The third kappa shape index (κ3) is 3.66. The minimum absolute atomic E-state index is 0. The number of hydrogen-bond donors (Lipinski definition) is 2. The minimum atomic E-state index is -0.410. The Hall–Kier alpha value is -0.840. The summed E-state index contributed by atoms with van der Waals surface area (Å²) in [4.78, 5) is 0. The molecule has 3 N–H and O–H groups in total. The van der Waals surface area contributed by atoms with Gasteiger partial charge in [0.2, 0.25) is 0 Å². The summed E-state index contributed by atoms with van der Waals surface area (Å²) in [6.45, 7) is 0.0147. The Kier molecular flexibility index (Phi) is 6.24. The van der Waals surface area contributed by atoms with Crippen molar-refractivity contribution in [2.24, 2.45) is 5.73 Å². The van der Waals surface area contributed by atoms with Crippen molar-refractivity contribution >= 4 is 12.4 Å². The first-order chi connectivity index (χ1) is 6.69. The summed E-state index contributed by atoms with van der Waals surface area (Å²) in [5, 5.41) is 8.69. The van der Waals surface area contributed by atoms with Gasteiger partial charge in [0, 0.05) is 12.6 Å². The SMILES string of the molecule is COc1cc([C@@H](N)CCO)ccc1F.Cl. The summed E-state index contributed by atoms with van der Waals surface area (Å²) in [5.41, 5.74) is 6.50. The zero-order chi connectivity index (χ0) is 10.6. The molecule has 0 aliphatic heterocycles. The largest absolute Gasteiger partial charge is 0.494 e. The standard InChI is InChI=1S/C10H14FNO2.ClH/c1-14-10-6-7(2-3-8(10)11)9(12)4-5-13;/h2-3,6,9,13H,4-5,12H2,1H3;1H/t9-;/m0./s1. The van der Waals surface area contributed by atoms with E-state index in [4.69, 9.17) is 15.6 Å². The van der Waals surface area contributed by atoms with Gasteiger partial charge >= 0.3 is 0 Å². The van der Waals surface area contributed by atoms with E-state index >= 15 is 0 Å². The molecule has 0 aliphatic rings. The number of aliphatic hydroxyl groups excluding tert-OH is 1. The fourth-order valence-electron chi connectivity index (χ4n) is 1.21. The molecule has 5 heteroatoms. The first kappa shape index (κ1) is 14.2. The number of benzene rings is 1. The number of halogens is 2. The Balaban J connectivity index is 0.00000196. The average Bonchev–Trinajstić information content (AvgIpc) is 2.19. The fraction of sp³-hybridized carbons (Fsp3) is 0.400. The van der Waals surface area contributed by atoms with Gasteiger partial charge in [0.05, 0.1) is 7.11 Å². The normalized spacial score (nSPS) is 11.7. The molecule has 15 heavy (non-hydrogen) atoms. The van der Waals surface area contributed by atoms with Crippen molar-refractivity contribution < 1.29 is 14.2 Å². The summed E-state index contributed by atoms with van der Waals surface area (Å²) in [5.74, 6) is -0.233. The van der Waals surface area contributed by atoms with Crippen LogP contribution in [-0.2, 0) is 0 Å². The van der Waals surface area contributed by atoms with Crippen molar-refractivity contribution in [1.82, 2.24) is 0 Å². The van der Waals surface area contributed by atoms with E-state index in [0.717, 1.165) is 5.56 Å². The van der Waals surface area contributed by atoms with Gasteiger partial charge in [-0.15, -0.1) is 12.4 Å². The van der Waals surface area contributed by atoms with Crippen LogP contribution in [0.5, 0.6) is 5.75 Å². The van der Waals surface area contributed by atoms with Crippen molar-refractivity contribution in [1.29, 1.82) is 0 Å². The van der Waals surface area contributed by atoms with Crippen LogP contribution in [0.15, 0.2) is 18.2 Å². The maximum absolute atomic E-state index is 13.0. The second kappa shape index (κ2) is 6.61. The van der Waals surface area contributed by atoms with E-state index in [-0.39, 0.29) is 30.8 Å². The van der Waals surface area contributed by atoms with Gasteiger partial charge in [-0.05, 0) is 24.1 Å². The lowest BCUT2D eigenvalue weighted by atomic mass is 10.0. The summed E-state index contributed by atoms with van der Waals surface area (Å²) in [6.07, 6.45) is 0.453. The molecule has 0 bridgehead atoms. The molecule has 0 fully saturated rings. The molecule has 0 heterocycles. The van der Waals surface area contributed by atoms with Gasteiger partial charge < -0.3 is 15.6 Å². The third-order valence-electron chi connectivity index (χ3n) is 2.04. The Morgan fingerprint density at radius 2 is 2.20 bits per heavy atom. The molecule has 0 aromatic heterocycles. The van der Waals surface area contributed by atoms with Crippen LogP contribution < -0.4 is 10.5 Å². The van der Waals surface area contributed by atoms with Crippen molar-refractivity contribution in [3.8, 4) is 5.75 Å². The topological polar surface area (TPSA) is 55.5 Å². The molecule has 0 saturated heterocycles. The molecule has 1 atom stereocenters. The highest BCUT2D eigenvalue weighted by Crippen LogP contribution is 2.22. The van der Waals surface area contributed by atoms with Crippen LogP contribution in [0.3, 0.4) is 0 Å². The number of hydrogen-bond acceptors (Lipinski definition) is 3. The smallest absolute Gasteiger partial charge is 0.165 e. The van der Waals surface area contributed by atoms with Crippen LogP contribution in [0.2, 0.25) is 0 Å². The monoisotopic (exact) mass is 235 g/mol. The highest BCUT2D eigenvalue weighted by Gasteiger charge is 2.09. The van der Waals surface area contributed by atoms with Crippen LogP contribution in [0, 0.1) is 5.82 Å². The molecule has 3 nitrogen and oxygen atoms in total. The predicted octanol–water partition coefficient (Wildman–Crippen LogP) is 1.64. The van der Waals surface area contributed by atoms with E-state index in [1.165, 1.54) is 13.2 Å². The molecule has 0 radical (unpaired) electrons. The summed E-state index contributed by atoms with van der Waals surface area (Å²) in [6, 6.07) is 4.17. The van der Waals surface area contributed by atoms with Gasteiger partial charge in [-0.3, -0.25) is 0 Å². The van der Waals surface area contributed by atoms with Crippen LogP contribution >= 0.6 is 12.4 Å². The number of nitrogens with two attached hydrogens (primary N) is 1. The number of ether oxygens (including phenoxy) is 1. The lowest BCUT2D eigenvalue weighted by Crippen LogP contribution is -2.12. The Bertz CT molecular complexity index is 309. The van der Waals surface area contributed by atoms with Crippen molar-refractivity contribution in [3.63, 3.8) is 0 Å². The van der Waals surface area contributed by atoms with Gasteiger partial charge in [-0.1, -0.05) is 6.07 Å². The maximum atomic E-state index is 13.0. The maximum Gasteiger partial charge on any atom is 0.165 e. The van der Waals surface area contributed by atoms with E-state index in [2.05, 4.69) is 0 Å². The first-order valence-electron chi connectivity index (χ1n) is 4.39. The summed E-state index contributed by atoms with van der Waals surface area (Å²) >= 11 is 0. The Morgan fingerprint density at radius 1 is 1.53 bits per heavy atom. The van der Waals surface area contributed by atoms with E-state index in [1.54, 1.807) is 12.1 Å². The Morgan fingerprint density at radius 3 is 2.73 bits per heavy atom. The van der Waals surface area contributed by atoms with E-state index in [0.29, 0.717) is 6.42 Å². The van der Waals surface area contributed by atoms with Crippen LogP contribution in [0.25, 0.3) is 0 Å². The van der Waals surface area contributed by atoms with Gasteiger partial charge in [0.1, 0.15) is 0 Å². The first-order valence-corrected chi connectivity index (χ1v) is 4.39. The highest BCUT2D eigenvalue weighted by atomic mass is 35.5. The molecule has 1 aromatic rings. The van der Waals surface area contributed by atoms with E-state index in [1.807, 2.05) is 0 Å². The molecular weight excluding hydrogens is 221 g/mol. The molecular formula is C10H15ClFNO2. The van der Waals surface area contributed by atoms with Crippen LogP contribution in [-0.4, -0.2) is 18.8 Å². The van der Waals surface area contributed by atoms with Crippen molar-refractivity contribution in [2.45, 2.75) is 12.5 Å². The van der Waals surface area contributed by atoms with E-state index < -0.39 is 5.82 Å². The van der Waals surface area contributed by atoms with Gasteiger partial charge in [0.25, 0.3) is 0 Å². The Labute approximate surface area is 94.5 Å². The van der Waals surface area contributed by atoms with Crippen molar-refractivity contribution in [2.75, 3.05) is 13.7 Å². The molecule has 0 saturated carbocycles. The fourth-order valence-corrected chi connectivity index (χ4v) is 1.21. The quantitative estimate of drug-likeness (QED) is 0.834. The minimum Gasteiger partial charge on any atom is -0.494 e. The summed E-state index contributed by atoms with van der Waals surface area (Å²) in [7, 11) is 1.40. The van der Waals surface area contributed by atoms with Crippen LogP contribution in [0.4, 0.5) is 4.39 Å². The van der Waals surface area contributed by atoms with Crippen molar-refractivity contribution in [3.05, 3.63) is 29.6 Å². The number of rotatable bonds is 4. The van der Waals surface area contributed by atoms with E-state index in [9.17, 15) is 4.39 Å². The molecule has 0 spiro atoms. The molecule has 1 aromatic carbocycles. The van der Waals surface area contributed by atoms with Gasteiger partial charge in [-0.2, -0.15) is 0 Å². The number of aliphatic hydroxyl groups is 1. The third-order valence-corrected chi connectivity index (χ3v) is 2.04. The lowest BCUT2D eigenvalue weighted by Gasteiger charge is -2.11. The lowest BCUT2D eigenvalue weighted by molar-refractivity contribution is 0.276. The zero-order valence-corrected chi connectivity index (χ0v) is 9.26. The molecule has 86 valence electrons. The zero-order valence-electron chi connectivity index (χ0n) is 8.44. The average molecular weight is 236 g/mol. The molecule has 0 amide bonds. The second-order valence-electron chi connectivity index (χ2n) is 3.01. The predicted molar refractivity (Wildman–Crippen MR) is 58.8 cm³/mol. The molecule has 0 aliphatic carbocycles. The molecule has 0 unspecified atom stereocenters. The van der Waals surface area contributed by atoms with Gasteiger partial charge in [0.15, 0.2) is 11.6 Å². The number of methoxy groups -OCH3 is 1. The highest BCUT2D eigenvalue weighted by molar-refractivity contribution is 5.85. The second-order valence-corrected chi connectivity index (χ2v) is 3.01.